The standard InChI is InChI=1S/C23H33F6N5O2/c24-22(25,26)15-12-16(30)17-19-33-34-20(36-19)21(23(27,28)29,35-13-14-8-4-3-5-9-14)10-6-1-2-7-11-31-18(15)32-17/h3-5,8-9,15-20,31-34H,1-2,6-7,10-13,30H2/t15?,16?,17?,18?,19?,20?,21-/m1/s1. The van der Waals surface area contributed by atoms with E-state index < -0.39 is 54.6 Å². The molecule has 36 heavy (non-hydrogen) atoms. The Bertz CT molecular complexity index is 845. The van der Waals surface area contributed by atoms with Crippen LogP contribution in [0.5, 0.6) is 0 Å². The summed E-state index contributed by atoms with van der Waals surface area (Å²) in [4.78, 5) is 0. The maximum Gasteiger partial charge on any atom is 0.421 e. The number of hydrogen-bond acceptors (Lipinski definition) is 7. The largest absolute Gasteiger partial charge is 0.421 e. The van der Waals surface area contributed by atoms with Crippen LogP contribution in [-0.2, 0) is 16.1 Å². The van der Waals surface area contributed by atoms with E-state index in [0.717, 1.165) is 0 Å². The molecule has 0 saturated carbocycles. The molecule has 3 aliphatic heterocycles. The second-order valence-corrected chi connectivity index (χ2v) is 9.72. The number of piperidine rings is 1. The van der Waals surface area contributed by atoms with Gasteiger partial charge in [-0.3, -0.25) is 5.32 Å². The van der Waals surface area contributed by atoms with Crippen LogP contribution in [0.2, 0.25) is 0 Å². The van der Waals surface area contributed by atoms with Crippen molar-refractivity contribution in [3.8, 4) is 0 Å². The summed E-state index contributed by atoms with van der Waals surface area (Å²) in [5.74, 6) is -1.73. The number of ether oxygens (including phenoxy) is 2. The van der Waals surface area contributed by atoms with Gasteiger partial charge in [0.2, 0.25) is 5.60 Å². The summed E-state index contributed by atoms with van der Waals surface area (Å²) in [6.45, 7) is 0.00790. The molecule has 3 saturated heterocycles. The van der Waals surface area contributed by atoms with Crippen molar-refractivity contribution in [2.24, 2.45) is 11.7 Å². The van der Waals surface area contributed by atoms with Crippen LogP contribution in [0.3, 0.4) is 0 Å². The van der Waals surface area contributed by atoms with Crippen LogP contribution >= 0.6 is 0 Å². The molecule has 0 amide bonds. The van der Waals surface area contributed by atoms with E-state index in [1.54, 1.807) is 30.3 Å². The van der Waals surface area contributed by atoms with E-state index in [1.807, 2.05) is 0 Å². The second-order valence-electron chi connectivity index (χ2n) is 9.72. The van der Waals surface area contributed by atoms with Gasteiger partial charge in [-0.15, -0.1) is 0 Å². The van der Waals surface area contributed by atoms with Crippen LogP contribution in [0, 0.1) is 5.92 Å². The van der Waals surface area contributed by atoms with Gasteiger partial charge >= 0.3 is 12.4 Å². The lowest BCUT2D eigenvalue weighted by atomic mass is 9.86. The molecule has 3 aliphatic rings. The first-order valence-electron chi connectivity index (χ1n) is 12.2. The predicted octanol–water partition coefficient (Wildman–Crippen LogP) is 3.03. The highest BCUT2D eigenvalue weighted by Gasteiger charge is 2.63. The van der Waals surface area contributed by atoms with Crippen molar-refractivity contribution in [2.45, 2.75) is 93.8 Å². The minimum Gasteiger partial charge on any atom is -0.357 e. The van der Waals surface area contributed by atoms with Crippen LogP contribution in [0.1, 0.15) is 44.1 Å². The highest BCUT2D eigenvalue weighted by atomic mass is 19.4. The summed E-state index contributed by atoms with van der Waals surface area (Å²) >= 11 is 0. The van der Waals surface area contributed by atoms with Crippen molar-refractivity contribution < 1.29 is 35.8 Å². The molecule has 3 fully saturated rings. The molecule has 3 heterocycles. The lowest BCUT2D eigenvalue weighted by Crippen LogP contribution is -2.69. The molecule has 1 aromatic carbocycles. The lowest BCUT2D eigenvalue weighted by molar-refractivity contribution is -0.320. The molecule has 0 spiro atoms. The number of hydrogen-bond donors (Lipinski definition) is 5. The van der Waals surface area contributed by atoms with E-state index >= 15 is 0 Å². The van der Waals surface area contributed by atoms with Gasteiger partial charge in [0.05, 0.1) is 24.7 Å². The van der Waals surface area contributed by atoms with Crippen molar-refractivity contribution in [1.82, 2.24) is 21.5 Å². The van der Waals surface area contributed by atoms with Crippen molar-refractivity contribution >= 4 is 0 Å². The topological polar surface area (TPSA) is 92.6 Å². The Morgan fingerprint density at radius 3 is 2.42 bits per heavy atom. The summed E-state index contributed by atoms with van der Waals surface area (Å²) in [6.07, 6.45) is -12.1. The number of benzene rings is 1. The number of rotatable bonds is 3. The van der Waals surface area contributed by atoms with Gasteiger partial charge in [0, 0.05) is 6.04 Å². The third-order valence-corrected chi connectivity index (χ3v) is 7.23. The maximum absolute atomic E-state index is 14.7. The second kappa shape index (κ2) is 11.1. The van der Waals surface area contributed by atoms with Crippen LogP contribution in [-0.4, -0.2) is 55.2 Å². The van der Waals surface area contributed by atoms with Crippen molar-refractivity contribution in [1.29, 1.82) is 0 Å². The Kier molecular flexibility index (Phi) is 8.49. The third kappa shape index (κ3) is 5.98. The molecule has 204 valence electrons. The van der Waals surface area contributed by atoms with Gasteiger partial charge in [0.25, 0.3) is 0 Å². The fourth-order valence-corrected chi connectivity index (χ4v) is 5.19. The van der Waals surface area contributed by atoms with E-state index in [9.17, 15) is 26.3 Å². The molecular weight excluding hydrogens is 492 g/mol. The normalized spacial score (nSPS) is 36.9. The molecule has 6 N–H and O–H groups in total. The molecule has 7 atom stereocenters. The van der Waals surface area contributed by atoms with E-state index in [2.05, 4.69) is 21.5 Å². The quantitative estimate of drug-likeness (QED) is 0.388. The average Bonchev–Trinajstić information content (AvgIpc) is 3.30. The van der Waals surface area contributed by atoms with Gasteiger partial charge in [0.15, 0.2) is 6.23 Å². The van der Waals surface area contributed by atoms with Crippen molar-refractivity contribution in [2.75, 3.05) is 6.54 Å². The first kappa shape index (κ1) is 27.6. The average molecular weight is 526 g/mol. The van der Waals surface area contributed by atoms with Crippen molar-refractivity contribution in [3.63, 3.8) is 0 Å². The summed E-state index contributed by atoms with van der Waals surface area (Å²) < 4.78 is 96.6. The van der Waals surface area contributed by atoms with Crippen molar-refractivity contribution in [3.05, 3.63) is 35.9 Å². The Balaban J connectivity index is 1.60. The smallest absolute Gasteiger partial charge is 0.357 e. The molecule has 7 nitrogen and oxygen atoms in total. The van der Waals surface area contributed by atoms with Gasteiger partial charge in [-0.1, -0.05) is 49.6 Å². The van der Waals surface area contributed by atoms with Gasteiger partial charge in [-0.2, -0.15) is 26.3 Å². The van der Waals surface area contributed by atoms with E-state index in [-0.39, 0.29) is 25.9 Å². The number of hydrazine groups is 1. The fraction of sp³-hybridized carbons (Fsp3) is 0.739. The highest BCUT2D eigenvalue weighted by Crippen LogP contribution is 2.43. The first-order valence-corrected chi connectivity index (χ1v) is 12.2. The Labute approximate surface area is 205 Å². The van der Waals surface area contributed by atoms with Crippen LogP contribution in [0.15, 0.2) is 30.3 Å². The molecule has 13 heteroatoms. The summed E-state index contributed by atoms with van der Waals surface area (Å²) in [7, 11) is 0. The van der Waals surface area contributed by atoms with Crippen LogP contribution in [0.25, 0.3) is 0 Å². The number of nitrogens with two attached hydrogens (primary N) is 1. The summed E-state index contributed by atoms with van der Waals surface area (Å²) in [6, 6.07) is 6.64. The Morgan fingerprint density at radius 2 is 1.72 bits per heavy atom. The maximum atomic E-state index is 14.7. The van der Waals surface area contributed by atoms with Gasteiger partial charge < -0.3 is 20.5 Å². The summed E-state index contributed by atoms with van der Waals surface area (Å²) in [5, 5.41) is 5.78. The highest BCUT2D eigenvalue weighted by molar-refractivity contribution is 5.14. The predicted molar refractivity (Wildman–Crippen MR) is 119 cm³/mol. The monoisotopic (exact) mass is 525 g/mol. The third-order valence-electron chi connectivity index (χ3n) is 7.23. The molecular formula is C23H33F6N5O2. The Morgan fingerprint density at radius 1 is 1.00 bits per heavy atom. The molecule has 6 unspecified atom stereocenters. The molecule has 0 aromatic heterocycles. The minimum atomic E-state index is -4.79. The zero-order chi connectivity index (χ0) is 26.0. The number of fused-ring (bicyclic) bond motifs is 5. The molecule has 4 rings (SSSR count). The van der Waals surface area contributed by atoms with E-state index in [0.29, 0.717) is 31.4 Å². The molecule has 0 radical (unpaired) electrons. The van der Waals surface area contributed by atoms with Gasteiger partial charge in [-0.05, 0) is 31.4 Å². The molecule has 1 aromatic rings. The zero-order valence-electron chi connectivity index (χ0n) is 19.7. The van der Waals surface area contributed by atoms with E-state index in [4.69, 9.17) is 15.2 Å². The number of alkyl halides is 6. The number of nitrogens with one attached hydrogen (secondary N) is 4. The lowest BCUT2D eigenvalue weighted by Gasteiger charge is -2.44. The molecule has 4 bridgehead atoms. The minimum absolute atomic E-state index is 0.205. The van der Waals surface area contributed by atoms with Gasteiger partial charge in [0.1, 0.15) is 6.23 Å². The fourth-order valence-electron chi connectivity index (χ4n) is 5.19. The van der Waals surface area contributed by atoms with E-state index in [1.165, 1.54) is 0 Å². The first-order chi connectivity index (χ1) is 17.0. The van der Waals surface area contributed by atoms with Crippen LogP contribution in [0.4, 0.5) is 26.3 Å². The Hall–Kier alpha value is -1.48. The van der Waals surface area contributed by atoms with Crippen LogP contribution < -0.4 is 27.2 Å². The zero-order valence-corrected chi connectivity index (χ0v) is 19.7. The SMILES string of the molecule is NC1CC(C(F)(F)F)C2NCCCCCC[C@](OCc3ccccc3)(C(F)(F)F)C3NNC(O3)C1N2. The number of halogens is 6. The van der Waals surface area contributed by atoms with Gasteiger partial charge in [-0.25, -0.2) is 10.9 Å². The molecule has 0 aliphatic carbocycles. The summed E-state index contributed by atoms with van der Waals surface area (Å²) in [5.41, 5.74) is 9.24.